The quantitative estimate of drug-likeness (QED) is 0.254. The van der Waals surface area contributed by atoms with E-state index in [-0.39, 0.29) is 44.2 Å². The third-order valence-corrected chi connectivity index (χ3v) is 10.1. The Morgan fingerprint density at radius 1 is 0.902 bits per heavy atom. The fourth-order valence-electron chi connectivity index (χ4n) is 6.66. The molecule has 1 aliphatic heterocycles. The zero-order chi connectivity index (χ0) is 29.7. The van der Waals surface area contributed by atoms with Crippen LogP contribution < -0.4 is 0 Å². The van der Waals surface area contributed by atoms with Crippen LogP contribution in [-0.4, -0.2) is 38.5 Å². The van der Waals surface area contributed by atoms with Gasteiger partial charge in [-0.3, -0.25) is 4.79 Å². The molecule has 0 bridgehead atoms. The molecule has 1 heterocycles. The number of alkyl halides is 3. The Morgan fingerprint density at radius 3 is 1.98 bits per heavy atom. The largest absolute Gasteiger partial charge is 0.534 e. The molecule has 11 heteroatoms. The summed E-state index contributed by atoms with van der Waals surface area (Å²) in [6.07, 6.45) is 2.47. The molecule has 2 aromatic rings. The van der Waals surface area contributed by atoms with Crippen molar-refractivity contribution in [3.8, 4) is 0 Å². The molecular formula is C30H31F3O7S. The van der Waals surface area contributed by atoms with Crippen LogP contribution in [0.3, 0.4) is 0 Å². The normalized spacial score (nSPS) is 30.8. The highest BCUT2D eigenvalue weighted by Crippen LogP contribution is 2.75. The van der Waals surface area contributed by atoms with Gasteiger partial charge in [0.15, 0.2) is 5.78 Å². The van der Waals surface area contributed by atoms with E-state index in [1.165, 1.54) is 19.3 Å². The Hall–Kier alpha value is -3.15. The number of hydrogen-bond donors (Lipinski definition) is 0. The minimum Gasteiger partial charge on any atom is -0.492 e. The Labute approximate surface area is 237 Å². The SMILES string of the molecule is CC1=C(OS(=O)(=O)C(F)(F)F)C[C@@]23OC=C[C@@]12C(=O)[C@@](C)(COCc1ccccc1)[C@@]3(C)COCc1ccccc1. The number of hydrogen-bond acceptors (Lipinski definition) is 7. The van der Waals surface area contributed by atoms with Gasteiger partial charge in [-0.15, -0.1) is 0 Å². The number of Topliss-reactive ketones (excluding diaryl/α,β-unsaturated/α-hetero) is 1. The molecule has 41 heavy (non-hydrogen) atoms. The van der Waals surface area contributed by atoms with E-state index in [1.807, 2.05) is 60.7 Å². The van der Waals surface area contributed by atoms with Crippen molar-refractivity contribution in [1.29, 1.82) is 0 Å². The molecule has 0 saturated heterocycles. The Kier molecular flexibility index (Phi) is 7.15. The summed E-state index contributed by atoms with van der Waals surface area (Å²) >= 11 is 0. The van der Waals surface area contributed by atoms with Gasteiger partial charge in [0.1, 0.15) is 16.8 Å². The summed E-state index contributed by atoms with van der Waals surface area (Å²) in [7, 11) is -5.97. The van der Waals surface area contributed by atoms with Gasteiger partial charge in [0.05, 0.1) is 38.1 Å². The van der Waals surface area contributed by atoms with Crippen molar-refractivity contribution in [2.45, 2.75) is 51.5 Å². The second kappa shape index (κ2) is 9.99. The van der Waals surface area contributed by atoms with Gasteiger partial charge in [-0.05, 0) is 36.6 Å². The second-order valence-electron chi connectivity index (χ2n) is 11.2. The lowest BCUT2D eigenvalue weighted by molar-refractivity contribution is -0.163. The molecule has 0 aromatic heterocycles. The molecule has 5 rings (SSSR count). The maximum absolute atomic E-state index is 14.6. The van der Waals surface area contributed by atoms with Crippen molar-refractivity contribution in [1.82, 2.24) is 0 Å². The molecule has 0 spiro atoms. The first-order valence-electron chi connectivity index (χ1n) is 13.1. The molecule has 3 aliphatic rings. The highest BCUT2D eigenvalue weighted by molar-refractivity contribution is 7.87. The molecule has 0 amide bonds. The van der Waals surface area contributed by atoms with Crippen molar-refractivity contribution >= 4 is 15.9 Å². The van der Waals surface area contributed by atoms with Gasteiger partial charge in [-0.1, -0.05) is 67.6 Å². The van der Waals surface area contributed by atoms with Crippen molar-refractivity contribution in [3.05, 3.63) is 95.5 Å². The minimum atomic E-state index is -5.97. The smallest absolute Gasteiger partial charge is 0.492 e. The molecule has 0 unspecified atom stereocenters. The monoisotopic (exact) mass is 592 g/mol. The number of benzene rings is 2. The highest BCUT2D eigenvalue weighted by Gasteiger charge is 2.84. The highest BCUT2D eigenvalue weighted by atomic mass is 32.2. The maximum atomic E-state index is 14.6. The third kappa shape index (κ3) is 4.23. The number of ether oxygens (including phenoxy) is 3. The summed E-state index contributed by atoms with van der Waals surface area (Å²) in [5.74, 6) is -0.820. The lowest BCUT2D eigenvalue weighted by Gasteiger charge is -2.48. The van der Waals surface area contributed by atoms with Crippen LogP contribution in [0, 0.1) is 16.2 Å². The minimum absolute atomic E-state index is 0.0308. The molecular weight excluding hydrogens is 561 g/mol. The van der Waals surface area contributed by atoms with Crippen LogP contribution >= 0.6 is 0 Å². The average Bonchev–Trinajstić information content (AvgIpc) is 3.45. The van der Waals surface area contributed by atoms with E-state index in [0.717, 1.165) is 11.1 Å². The summed E-state index contributed by atoms with van der Waals surface area (Å²) in [6.45, 7) is 5.32. The lowest BCUT2D eigenvalue weighted by atomic mass is 9.61. The van der Waals surface area contributed by atoms with Crippen LogP contribution in [0.5, 0.6) is 0 Å². The Balaban J connectivity index is 1.53. The summed E-state index contributed by atoms with van der Waals surface area (Å²) in [4.78, 5) is 14.6. The van der Waals surface area contributed by atoms with Crippen molar-refractivity contribution in [2.75, 3.05) is 13.2 Å². The lowest BCUT2D eigenvalue weighted by Crippen LogP contribution is -2.56. The summed E-state index contributed by atoms with van der Waals surface area (Å²) in [5, 5.41) is 0. The first-order valence-corrected chi connectivity index (χ1v) is 14.5. The number of ketones is 1. The summed E-state index contributed by atoms with van der Waals surface area (Å²) in [6, 6.07) is 18.8. The van der Waals surface area contributed by atoms with E-state index >= 15 is 0 Å². The van der Waals surface area contributed by atoms with Gasteiger partial charge >= 0.3 is 15.6 Å². The number of halogens is 3. The molecule has 2 aromatic carbocycles. The van der Waals surface area contributed by atoms with Gasteiger partial charge in [-0.25, -0.2) is 0 Å². The van der Waals surface area contributed by atoms with Crippen LogP contribution in [0.25, 0.3) is 0 Å². The van der Waals surface area contributed by atoms with Crippen LogP contribution in [0.4, 0.5) is 13.2 Å². The van der Waals surface area contributed by atoms with Crippen molar-refractivity contribution in [2.24, 2.45) is 16.2 Å². The van der Waals surface area contributed by atoms with E-state index in [1.54, 1.807) is 13.8 Å². The number of carbonyl (C=O) groups excluding carboxylic acids is 1. The molecule has 0 radical (unpaired) electrons. The maximum Gasteiger partial charge on any atom is 0.534 e. The van der Waals surface area contributed by atoms with Crippen LogP contribution in [-0.2, 0) is 46.5 Å². The first kappa shape index (κ1) is 29.3. The molecule has 0 N–H and O–H groups in total. The van der Waals surface area contributed by atoms with E-state index in [0.29, 0.717) is 0 Å². The predicted molar refractivity (Wildman–Crippen MR) is 142 cm³/mol. The van der Waals surface area contributed by atoms with Crippen molar-refractivity contribution in [3.63, 3.8) is 0 Å². The molecule has 1 fully saturated rings. The summed E-state index contributed by atoms with van der Waals surface area (Å²) in [5.41, 5.74) is -9.29. The van der Waals surface area contributed by atoms with Gasteiger partial charge in [0.2, 0.25) is 0 Å². The zero-order valence-corrected chi connectivity index (χ0v) is 23.7. The van der Waals surface area contributed by atoms with E-state index in [9.17, 15) is 26.4 Å². The van der Waals surface area contributed by atoms with E-state index in [4.69, 9.17) is 14.2 Å². The average molecular weight is 593 g/mol. The fraction of sp³-hybridized carbons (Fsp3) is 0.433. The number of carbonyl (C=O) groups is 1. The van der Waals surface area contributed by atoms with Gasteiger partial charge < -0.3 is 18.4 Å². The molecule has 2 aliphatic carbocycles. The number of rotatable bonds is 10. The van der Waals surface area contributed by atoms with E-state index < -0.39 is 43.2 Å². The van der Waals surface area contributed by atoms with E-state index in [2.05, 4.69) is 4.18 Å². The zero-order valence-electron chi connectivity index (χ0n) is 22.9. The summed E-state index contributed by atoms with van der Waals surface area (Å²) < 4.78 is 86.9. The second-order valence-corrected chi connectivity index (χ2v) is 12.8. The first-order chi connectivity index (χ1) is 19.2. The van der Waals surface area contributed by atoms with Crippen LogP contribution in [0.1, 0.15) is 38.3 Å². The van der Waals surface area contributed by atoms with Gasteiger partial charge in [-0.2, -0.15) is 21.6 Å². The van der Waals surface area contributed by atoms with Gasteiger partial charge in [0.25, 0.3) is 0 Å². The third-order valence-electron chi connectivity index (χ3n) is 9.11. The standard InChI is InChI=1S/C30H31F3O7S/c1-21-24(40-41(35,36)30(31,32)33)16-29-27(3,20-38-18-23-12-8-5-9-13-23)26(2,25(34)28(21,29)14-15-39-29)19-37-17-22-10-6-4-7-11-22/h4-15H,16-20H2,1-3H3/t26-,27-,28+,29+/m1/s1. The van der Waals surface area contributed by atoms with Gasteiger partial charge in [0, 0.05) is 11.8 Å². The predicted octanol–water partition coefficient (Wildman–Crippen LogP) is 5.83. The Bertz CT molecular complexity index is 1490. The van der Waals surface area contributed by atoms with Crippen LogP contribution in [0.2, 0.25) is 0 Å². The molecule has 4 atom stereocenters. The fourth-order valence-corrected chi connectivity index (χ4v) is 7.20. The topological polar surface area (TPSA) is 88.1 Å². The molecule has 220 valence electrons. The van der Waals surface area contributed by atoms with Crippen molar-refractivity contribution < 1.29 is 44.8 Å². The Morgan fingerprint density at radius 2 is 1.44 bits per heavy atom. The van der Waals surface area contributed by atoms with Crippen LogP contribution in [0.15, 0.2) is 84.3 Å². The molecule has 1 saturated carbocycles. The molecule has 7 nitrogen and oxygen atoms in total.